The van der Waals surface area contributed by atoms with Crippen molar-refractivity contribution in [3.05, 3.63) is 65.1 Å². The van der Waals surface area contributed by atoms with E-state index < -0.39 is 6.85 Å². The van der Waals surface area contributed by atoms with Crippen LogP contribution in [0.5, 0.6) is 0 Å². The molecule has 0 atom stereocenters. The molecule has 0 fully saturated rings. The molecule has 0 aliphatic carbocycles. The van der Waals surface area contributed by atoms with E-state index in [0.29, 0.717) is 22.3 Å². The largest absolute Gasteiger partial charge is 0.455 e. The maximum atomic E-state index is 13.6. The second kappa shape index (κ2) is 5.17. The maximum Gasteiger partial charge on any atom is 0.216 e. The molecule has 3 heteroatoms. The lowest BCUT2D eigenvalue weighted by molar-refractivity contribution is -0.660. The number of aryl methyl sites for hydroxylation is 4. The van der Waals surface area contributed by atoms with E-state index >= 15 is 0 Å². The van der Waals surface area contributed by atoms with Gasteiger partial charge in [-0.1, -0.05) is 12.1 Å². The Morgan fingerprint density at radius 3 is 2.58 bits per heavy atom. The van der Waals surface area contributed by atoms with Crippen molar-refractivity contribution in [2.75, 3.05) is 0 Å². The van der Waals surface area contributed by atoms with Gasteiger partial charge < -0.3 is 4.42 Å². The number of benzene rings is 2. The number of aromatic nitrogens is 1. The summed E-state index contributed by atoms with van der Waals surface area (Å²) in [5.74, 6) is -0.344. The number of hydrogen-bond donors (Lipinski definition) is 0. The van der Waals surface area contributed by atoms with Crippen molar-refractivity contribution in [1.82, 2.24) is 0 Å². The molecule has 0 aliphatic heterocycles. The molecule has 0 spiro atoms. The van der Waals surface area contributed by atoms with Crippen LogP contribution in [0.3, 0.4) is 0 Å². The molecule has 0 bridgehead atoms. The fourth-order valence-electron chi connectivity index (χ4n) is 3.23. The normalized spacial score (nSPS) is 13.9. The monoisotopic (exact) mass is 323 g/mol. The Morgan fingerprint density at radius 1 is 1.00 bits per heavy atom. The average Bonchev–Trinajstić information content (AvgIpc) is 2.93. The second-order valence-corrected chi connectivity index (χ2v) is 6.24. The topological polar surface area (TPSA) is 17.0 Å². The van der Waals surface area contributed by atoms with Crippen molar-refractivity contribution >= 4 is 21.9 Å². The predicted molar refractivity (Wildman–Crippen MR) is 94.5 cm³/mol. The van der Waals surface area contributed by atoms with E-state index in [4.69, 9.17) is 8.53 Å². The van der Waals surface area contributed by atoms with Crippen LogP contribution in [0.15, 0.2) is 47.0 Å². The van der Waals surface area contributed by atoms with Crippen LogP contribution >= 0.6 is 0 Å². The first kappa shape index (κ1) is 11.8. The van der Waals surface area contributed by atoms with Gasteiger partial charge in [0.1, 0.15) is 24.0 Å². The lowest BCUT2D eigenvalue weighted by atomic mass is 9.99. The summed E-state index contributed by atoms with van der Waals surface area (Å²) in [6, 6.07) is 10.4. The summed E-state index contributed by atoms with van der Waals surface area (Å²) in [5.41, 5.74) is 4.92. The van der Waals surface area contributed by atoms with E-state index in [1.165, 1.54) is 12.1 Å². The van der Waals surface area contributed by atoms with Gasteiger partial charge in [-0.05, 0) is 44.0 Å². The van der Waals surface area contributed by atoms with Crippen LogP contribution in [0.4, 0.5) is 4.39 Å². The third kappa shape index (κ3) is 2.12. The van der Waals surface area contributed by atoms with E-state index in [1.54, 1.807) is 19.2 Å². The number of rotatable bonds is 1. The number of nitrogens with zero attached hydrogens (tertiary/aromatic N) is 1. The third-order valence-corrected chi connectivity index (χ3v) is 4.55. The molecule has 4 aromatic rings. The predicted octanol–water partition coefficient (Wildman–Crippen LogP) is 5.14. The van der Waals surface area contributed by atoms with Gasteiger partial charge in [-0.3, -0.25) is 0 Å². The highest BCUT2D eigenvalue weighted by Gasteiger charge is 2.21. The zero-order chi connectivity index (χ0) is 19.5. The van der Waals surface area contributed by atoms with Crippen LogP contribution < -0.4 is 4.57 Å². The first-order chi connectivity index (χ1) is 12.7. The molecule has 24 heavy (non-hydrogen) atoms. The van der Waals surface area contributed by atoms with Crippen molar-refractivity contribution in [2.24, 2.45) is 7.05 Å². The summed E-state index contributed by atoms with van der Waals surface area (Å²) in [5, 5.41) is 1.76. The summed E-state index contributed by atoms with van der Waals surface area (Å²) in [6.45, 7) is 1.61. The van der Waals surface area contributed by atoms with E-state index in [9.17, 15) is 4.39 Å². The summed E-state index contributed by atoms with van der Waals surface area (Å²) in [6.07, 6.45) is 1.65. The molecule has 2 aromatic heterocycles. The molecule has 4 rings (SSSR count). The Balaban J connectivity index is 2.06. The number of pyridine rings is 1. The molecule has 0 unspecified atom stereocenters. The van der Waals surface area contributed by atoms with Crippen LogP contribution in [0.25, 0.3) is 33.2 Å². The zero-order valence-electron chi connectivity index (χ0n) is 16.8. The van der Waals surface area contributed by atoms with E-state index in [0.717, 1.165) is 27.6 Å². The zero-order valence-corrected chi connectivity index (χ0v) is 13.8. The summed E-state index contributed by atoms with van der Waals surface area (Å²) < 4.78 is 44.6. The number of furan rings is 1. The molecule has 0 saturated carbocycles. The SMILES string of the molecule is [2H]C([2H])([2H])c1c[n+](C)c(-c2c(C)ccc3c2oc2cc(F)ccc23)cc1C. The smallest absolute Gasteiger partial charge is 0.216 e. The van der Waals surface area contributed by atoms with E-state index in [1.807, 2.05) is 36.7 Å². The van der Waals surface area contributed by atoms with Crippen LogP contribution in [0, 0.1) is 26.5 Å². The number of fused-ring (bicyclic) bond motifs is 3. The summed E-state index contributed by atoms with van der Waals surface area (Å²) in [7, 11) is 1.82. The lowest BCUT2D eigenvalue weighted by Gasteiger charge is -2.07. The minimum Gasteiger partial charge on any atom is -0.455 e. The standard InChI is InChI=1S/C21H19FNO/c1-12-5-7-17-16-8-6-15(22)10-19(16)24-21(17)20(12)18-9-13(2)14(3)11-23(18)4/h5-11H,1-4H3/q+1/i3D3. The maximum absolute atomic E-state index is 13.6. The fraction of sp³-hybridized carbons (Fsp3) is 0.190. The minimum atomic E-state index is -2.17. The Labute approximate surface area is 144 Å². The molecule has 0 aliphatic rings. The van der Waals surface area contributed by atoms with Gasteiger partial charge in [-0.2, -0.15) is 0 Å². The van der Waals surface area contributed by atoms with Crippen molar-refractivity contribution in [3.63, 3.8) is 0 Å². The van der Waals surface area contributed by atoms with Gasteiger partial charge in [0.25, 0.3) is 0 Å². The van der Waals surface area contributed by atoms with Crippen molar-refractivity contribution in [1.29, 1.82) is 0 Å². The Hall–Kier alpha value is -2.68. The molecule has 0 amide bonds. The number of hydrogen-bond acceptors (Lipinski definition) is 1. The average molecular weight is 323 g/mol. The molecule has 120 valence electrons. The van der Waals surface area contributed by atoms with Gasteiger partial charge in [-0.15, -0.1) is 0 Å². The van der Waals surface area contributed by atoms with E-state index in [-0.39, 0.29) is 5.82 Å². The minimum absolute atomic E-state index is 0.324. The lowest BCUT2D eigenvalue weighted by Crippen LogP contribution is -2.31. The van der Waals surface area contributed by atoms with Crippen LogP contribution in [0.2, 0.25) is 0 Å². The first-order valence-corrected chi connectivity index (χ1v) is 7.79. The Bertz CT molecular complexity index is 1210. The fourth-order valence-corrected chi connectivity index (χ4v) is 3.23. The Kier molecular flexibility index (Phi) is 2.54. The molecule has 2 aromatic carbocycles. The van der Waals surface area contributed by atoms with Crippen LogP contribution in [-0.4, -0.2) is 0 Å². The molecule has 0 radical (unpaired) electrons. The summed E-state index contributed by atoms with van der Waals surface area (Å²) in [4.78, 5) is 0. The highest BCUT2D eigenvalue weighted by atomic mass is 19.1. The van der Waals surface area contributed by atoms with E-state index in [2.05, 4.69) is 0 Å². The third-order valence-electron chi connectivity index (χ3n) is 4.55. The van der Waals surface area contributed by atoms with Gasteiger partial charge in [0, 0.05) is 32.6 Å². The quantitative estimate of drug-likeness (QED) is 0.443. The van der Waals surface area contributed by atoms with Gasteiger partial charge in [0.2, 0.25) is 5.69 Å². The summed E-state index contributed by atoms with van der Waals surface area (Å²) >= 11 is 0. The second-order valence-electron chi connectivity index (χ2n) is 6.24. The Morgan fingerprint density at radius 2 is 1.79 bits per heavy atom. The highest BCUT2D eigenvalue weighted by molar-refractivity contribution is 6.09. The molecule has 0 saturated heterocycles. The van der Waals surface area contributed by atoms with Crippen LogP contribution in [0.1, 0.15) is 20.8 Å². The van der Waals surface area contributed by atoms with Crippen molar-refractivity contribution in [3.8, 4) is 11.3 Å². The van der Waals surface area contributed by atoms with Crippen molar-refractivity contribution < 1.29 is 17.5 Å². The first-order valence-electron chi connectivity index (χ1n) is 9.29. The van der Waals surface area contributed by atoms with Gasteiger partial charge >= 0.3 is 0 Å². The molecule has 0 N–H and O–H groups in total. The van der Waals surface area contributed by atoms with Gasteiger partial charge in [0.15, 0.2) is 6.20 Å². The highest BCUT2D eigenvalue weighted by Crippen LogP contribution is 2.37. The molecule has 2 nitrogen and oxygen atoms in total. The number of halogens is 1. The molecular formula is C21H19FNO+. The van der Waals surface area contributed by atoms with Gasteiger partial charge in [-0.25, -0.2) is 8.96 Å². The molecule has 2 heterocycles. The van der Waals surface area contributed by atoms with Crippen LogP contribution in [-0.2, 0) is 7.05 Å². The van der Waals surface area contributed by atoms with Gasteiger partial charge in [0.05, 0.1) is 5.56 Å². The van der Waals surface area contributed by atoms with Crippen molar-refractivity contribution in [2.45, 2.75) is 20.7 Å². The molecular weight excluding hydrogens is 301 g/mol.